The topological polar surface area (TPSA) is 90.7 Å². The molecule has 2 aromatic carbocycles. The number of nitriles is 1. The van der Waals surface area contributed by atoms with E-state index in [1.54, 1.807) is 11.0 Å². The summed E-state index contributed by atoms with van der Waals surface area (Å²) in [5.41, 5.74) is 0.195. The van der Waals surface area contributed by atoms with Crippen LogP contribution in [0.2, 0.25) is 10.0 Å². The van der Waals surface area contributed by atoms with Gasteiger partial charge >= 0.3 is 0 Å². The Kier molecular flexibility index (Phi) is 7.15. The van der Waals surface area contributed by atoms with E-state index in [-0.39, 0.29) is 46.9 Å². The smallest absolute Gasteiger partial charge is 0.246 e. The van der Waals surface area contributed by atoms with E-state index in [1.165, 1.54) is 34.6 Å². The molecule has 2 aliphatic rings. The molecule has 2 aromatic rings. The summed E-state index contributed by atoms with van der Waals surface area (Å²) in [5.74, 6) is 0.528. The molecule has 2 fully saturated rings. The van der Waals surface area contributed by atoms with E-state index in [9.17, 15) is 18.5 Å². The van der Waals surface area contributed by atoms with Gasteiger partial charge in [-0.25, -0.2) is 8.42 Å². The number of hydrogen-bond donors (Lipinski definition) is 0. The van der Waals surface area contributed by atoms with Gasteiger partial charge in [-0.1, -0.05) is 36.0 Å². The molecule has 10 heteroatoms. The maximum absolute atomic E-state index is 13.5. The zero-order valence-corrected chi connectivity index (χ0v) is 20.2. The highest BCUT2D eigenvalue weighted by molar-refractivity contribution is 7.89. The summed E-state index contributed by atoms with van der Waals surface area (Å²) in [6.45, 7) is 1.04. The van der Waals surface area contributed by atoms with Gasteiger partial charge < -0.3 is 9.64 Å². The third-order valence-electron chi connectivity index (χ3n) is 6.01. The van der Waals surface area contributed by atoms with Crippen LogP contribution in [-0.2, 0) is 14.8 Å². The Bertz CT molecular complexity index is 1180. The van der Waals surface area contributed by atoms with E-state index >= 15 is 0 Å². The highest BCUT2D eigenvalue weighted by atomic mass is 35.5. The van der Waals surface area contributed by atoms with Crippen molar-refractivity contribution in [2.24, 2.45) is 5.92 Å². The molecule has 174 valence electrons. The molecule has 0 radical (unpaired) electrons. The minimum absolute atomic E-state index is 0.0602. The maximum Gasteiger partial charge on any atom is 0.246 e. The van der Waals surface area contributed by atoms with Gasteiger partial charge in [0.15, 0.2) is 0 Å². The standard InChI is InChI=1S/C23H23Cl2N3O4S/c24-18-12-19(25)14-20(13-18)32-21-6-5-16(15-26)11-22(21)33(30,31)28-9-7-27(8-10-28)23(29)17-3-1-2-4-17/h5-6,11-14,17H,1-4,7-10H2. The highest BCUT2D eigenvalue weighted by Crippen LogP contribution is 2.35. The molecular weight excluding hydrogens is 485 g/mol. The maximum atomic E-state index is 13.5. The summed E-state index contributed by atoms with van der Waals surface area (Å²) in [6, 6.07) is 10.8. The normalized spacial score (nSPS) is 17.7. The Morgan fingerprint density at radius 3 is 2.24 bits per heavy atom. The molecule has 1 amide bonds. The average molecular weight is 508 g/mol. The number of hydrogen-bond acceptors (Lipinski definition) is 5. The van der Waals surface area contributed by atoms with Crippen LogP contribution in [0.5, 0.6) is 11.5 Å². The molecule has 1 aliphatic carbocycles. The van der Waals surface area contributed by atoms with Crippen molar-refractivity contribution in [2.75, 3.05) is 26.2 Å². The van der Waals surface area contributed by atoms with Gasteiger partial charge in [-0.2, -0.15) is 9.57 Å². The van der Waals surface area contributed by atoms with Crippen LogP contribution in [0.25, 0.3) is 0 Å². The second-order valence-electron chi connectivity index (χ2n) is 8.19. The lowest BCUT2D eigenvalue weighted by atomic mass is 10.1. The number of carbonyl (C=O) groups excluding carboxylic acids is 1. The summed E-state index contributed by atoms with van der Waals surface area (Å²) in [7, 11) is -3.98. The zero-order valence-electron chi connectivity index (χ0n) is 17.8. The molecule has 4 rings (SSSR count). The van der Waals surface area contributed by atoms with Crippen molar-refractivity contribution < 1.29 is 17.9 Å². The predicted octanol–water partition coefficient (Wildman–Crippen LogP) is 4.68. The van der Waals surface area contributed by atoms with Crippen LogP contribution < -0.4 is 4.74 Å². The second-order valence-corrected chi connectivity index (χ2v) is 11.0. The number of amides is 1. The molecule has 0 aromatic heterocycles. The first-order valence-corrected chi connectivity index (χ1v) is 12.9. The third kappa shape index (κ3) is 5.28. The summed E-state index contributed by atoms with van der Waals surface area (Å²) in [6.07, 6.45) is 3.96. The molecular formula is C23H23Cl2N3O4S. The van der Waals surface area contributed by atoms with Crippen LogP contribution in [0.3, 0.4) is 0 Å². The minimum Gasteiger partial charge on any atom is -0.456 e. The fourth-order valence-electron chi connectivity index (χ4n) is 4.30. The van der Waals surface area contributed by atoms with Crippen molar-refractivity contribution in [2.45, 2.75) is 30.6 Å². The van der Waals surface area contributed by atoms with Gasteiger partial charge in [0.2, 0.25) is 15.9 Å². The highest BCUT2D eigenvalue weighted by Gasteiger charge is 2.35. The number of benzene rings is 2. The van der Waals surface area contributed by atoms with Gasteiger partial charge in [-0.05, 0) is 49.2 Å². The van der Waals surface area contributed by atoms with E-state index in [1.807, 2.05) is 6.07 Å². The van der Waals surface area contributed by atoms with E-state index in [2.05, 4.69) is 0 Å². The molecule has 7 nitrogen and oxygen atoms in total. The first-order chi connectivity index (χ1) is 15.8. The quantitative estimate of drug-likeness (QED) is 0.585. The van der Waals surface area contributed by atoms with Crippen molar-refractivity contribution in [3.63, 3.8) is 0 Å². The molecule has 1 saturated carbocycles. The number of halogens is 2. The largest absolute Gasteiger partial charge is 0.456 e. The Balaban J connectivity index is 1.56. The van der Waals surface area contributed by atoms with Gasteiger partial charge in [0.1, 0.15) is 16.4 Å². The first kappa shape index (κ1) is 23.8. The number of carbonyl (C=O) groups is 1. The lowest BCUT2D eigenvalue weighted by molar-refractivity contribution is -0.136. The summed E-state index contributed by atoms with van der Waals surface area (Å²) < 4.78 is 34.2. The summed E-state index contributed by atoms with van der Waals surface area (Å²) in [5, 5.41) is 10.0. The van der Waals surface area contributed by atoms with Crippen molar-refractivity contribution in [1.29, 1.82) is 5.26 Å². The molecule has 0 atom stereocenters. The number of nitrogens with zero attached hydrogens (tertiary/aromatic N) is 3. The van der Waals surface area contributed by atoms with Crippen LogP contribution in [0, 0.1) is 17.2 Å². The Labute approximate surface area is 203 Å². The molecule has 0 spiro atoms. The zero-order chi connectivity index (χ0) is 23.6. The summed E-state index contributed by atoms with van der Waals surface area (Å²) >= 11 is 12.1. The van der Waals surface area contributed by atoms with Crippen molar-refractivity contribution in [1.82, 2.24) is 9.21 Å². The molecule has 33 heavy (non-hydrogen) atoms. The lowest BCUT2D eigenvalue weighted by Gasteiger charge is -2.35. The van der Waals surface area contributed by atoms with Crippen LogP contribution in [-0.4, -0.2) is 49.7 Å². The minimum atomic E-state index is -3.98. The Morgan fingerprint density at radius 2 is 1.64 bits per heavy atom. The fourth-order valence-corrected chi connectivity index (χ4v) is 6.36. The Morgan fingerprint density at radius 1 is 1.00 bits per heavy atom. The van der Waals surface area contributed by atoms with Gasteiger partial charge in [0, 0.05) is 42.1 Å². The summed E-state index contributed by atoms with van der Waals surface area (Å²) in [4.78, 5) is 14.3. The van der Waals surface area contributed by atoms with E-state index < -0.39 is 10.0 Å². The monoisotopic (exact) mass is 507 g/mol. The van der Waals surface area contributed by atoms with Gasteiger partial charge in [-0.15, -0.1) is 0 Å². The third-order valence-corrected chi connectivity index (χ3v) is 8.37. The first-order valence-electron chi connectivity index (χ1n) is 10.7. The van der Waals surface area contributed by atoms with Crippen molar-refractivity contribution >= 4 is 39.1 Å². The van der Waals surface area contributed by atoms with E-state index in [0.29, 0.717) is 23.1 Å². The molecule has 0 N–H and O–H groups in total. The predicted molar refractivity (Wildman–Crippen MR) is 125 cm³/mol. The van der Waals surface area contributed by atoms with E-state index in [0.717, 1.165) is 25.7 Å². The van der Waals surface area contributed by atoms with Crippen LogP contribution >= 0.6 is 23.2 Å². The van der Waals surface area contributed by atoms with Gasteiger partial charge in [0.25, 0.3) is 0 Å². The van der Waals surface area contributed by atoms with Crippen molar-refractivity contribution in [3.8, 4) is 17.6 Å². The van der Waals surface area contributed by atoms with E-state index in [4.69, 9.17) is 27.9 Å². The number of rotatable bonds is 5. The Hall–Kier alpha value is -2.31. The number of sulfonamides is 1. The van der Waals surface area contributed by atoms with Gasteiger partial charge in [0.05, 0.1) is 11.6 Å². The van der Waals surface area contributed by atoms with Crippen molar-refractivity contribution in [3.05, 3.63) is 52.0 Å². The second kappa shape index (κ2) is 9.90. The van der Waals surface area contributed by atoms with Crippen LogP contribution in [0.15, 0.2) is 41.3 Å². The fraction of sp³-hybridized carbons (Fsp3) is 0.391. The number of piperazine rings is 1. The SMILES string of the molecule is N#Cc1ccc(Oc2cc(Cl)cc(Cl)c2)c(S(=O)(=O)N2CCN(C(=O)C3CCCC3)CC2)c1. The lowest BCUT2D eigenvalue weighted by Crippen LogP contribution is -2.51. The average Bonchev–Trinajstić information content (AvgIpc) is 3.33. The van der Waals surface area contributed by atoms with Gasteiger partial charge in [-0.3, -0.25) is 4.79 Å². The molecule has 1 aliphatic heterocycles. The molecule has 1 saturated heterocycles. The number of ether oxygens (including phenoxy) is 1. The molecule has 0 bridgehead atoms. The molecule has 1 heterocycles. The molecule has 0 unspecified atom stereocenters. The van der Waals surface area contributed by atoms with Crippen LogP contribution in [0.1, 0.15) is 31.2 Å². The van der Waals surface area contributed by atoms with Crippen LogP contribution in [0.4, 0.5) is 0 Å².